The maximum absolute atomic E-state index is 5.45. The van der Waals surface area contributed by atoms with Gasteiger partial charge in [-0.05, 0) is 61.5 Å². The number of hydrogen-bond acceptors (Lipinski definition) is 4. The Labute approximate surface area is 183 Å². The molecule has 0 aromatic heterocycles. The van der Waals surface area contributed by atoms with E-state index in [2.05, 4.69) is 28.2 Å². The van der Waals surface area contributed by atoms with Crippen LogP contribution >= 0.6 is 24.4 Å². The van der Waals surface area contributed by atoms with E-state index in [1.165, 1.54) is 0 Å². The Morgan fingerprint density at radius 1 is 0.862 bits per heavy atom. The Morgan fingerprint density at radius 2 is 1.38 bits per heavy atom. The number of nitrogens with one attached hydrogen (secondary N) is 4. The zero-order valence-electron chi connectivity index (χ0n) is 17.0. The van der Waals surface area contributed by atoms with Crippen molar-refractivity contribution in [3.63, 3.8) is 0 Å². The average Bonchev–Trinajstić information content (AvgIpc) is 2.73. The SMILES string of the molecule is CC[C@@H](CCNC(=S)Nc1ccccc1OC)NC(=S)Nc1ccccc1OC. The van der Waals surface area contributed by atoms with E-state index in [9.17, 15) is 0 Å². The van der Waals surface area contributed by atoms with E-state index in [1.807, 2.05) is 48.5 Å². The summed E-state index contributed by atoms with van der Waals surface area (Å²) in [6.07, 6.45) is 1.79. The first-order chi connectivity index (χ1) is 14.1. The lowest BCUT2D eigenvalue weighted by molar-refractivity contribution is 0.417. The zero-order chi connectivity index (χ0) is 21.1. The van der Waals surface area contributed by atoms with Crippen LogP contribution < -0.4 is 30.7 Å². The molecule has 4 N–H and O–H groups in total. The van der Waals surface area contributed by atoms with E-state index in [0.717, 1.165) is 35.7 Å². The molecule has 2 rings (SSSR count). The maximum atomic E-state index is 5.45. The minimum Gasteiger partial charge on any atom is -0.495 e. The molecule has 0 aliphatic heterocycles. The predicted octanol–water partition coefficient (Wildman–Crippen LogP) is 4.15. The van der Waals surface area contributed by atoms with Gasteiger partial charge in [-0.1, -0.05) is 31.2 Å². The van der Waals surface area contributed by atoms with Crippen molar-refractivity contribution in [3.05, 3.63) is 48.5 Å². The van der Waals surface area contributed by atoms with Crippen LogP contribution in [0, 0.1) is 0 Å². The first-order valence-corrected chi connectivity index (χ1v) is 10.3. The van der Waals surface area contributed by atoms with Crippen molar-refractivity contribution in [1.82, 2.24) is 10.6 Å². The quantitative estimate of drug-likeness (QED) is 0.441. The van der Waals surface area contributed by atoms with Gasteiger partial charge in [-0.15, -0.1) is 0 Å². The van der Waals surface area contributed by atoms with Crippen molar-refractivity contribution in [2.24, 2.45) is 0 Å². The lowest BCUT2D eigenvalue weighted by Gasteiger charge is -2.21. The van der Waals surface area contributed by atoms with Crippen LogP contribution in [0.15, 0.2) is 48.5 Å². The molecule has 156 valence electrons. The normalized spacial score (nSPS) is 11.1. The van der Waals surface area contributed by atoms with Crippen LogP contribution in [0.1, 0.15) is 19.8 Å². The van der Waals surface area contributed by atoms with E-state index in [0.29, 0.717) is 16.8 Å². The number of anilines is 2. The van der Waals surface area contributed by atoms with Crippen LogP contribution in [0.4, 0.5) is 11.4 Å². The van der Waals surface area contributed by atoms with Gasteiger partial charge in [-0.2, -0.15) is 0 Å². The molecule has 29 heavy (non-hydrogen) atoms. The van der Waals surface area contributed by atoms with Crippen molar-refractivity contribution >= 4 is 46.0 Å². The fourth-order valence-corrected chi connectivity index (χ4v) is 3.23. The third-order valence-corrected chi connectivity index (χ3v) is 4.78. The highest BCUT2D eigenvalue weighted by Gasteiger charge is 2.10. The Morgan fingerprint density at radius 3 is 1.90 bits per heavy atom. The van der Waals surface area contributed by atoms with Gasteiger partial charge in [0, 0.05) is 12.6 Å². The number of benzene rings is 2. The van der Waals surface area contributed by atoms with Crippen molar-refractivity contribution in [2.45, 2.75) is 25.8 Å². The molecule has 0 saturated heterocycles. The highest BCUT2D eigenvalue weighted by Crippen LogP contribution is 2.23. The first-order valence-electron chi connectivity index (χ1n) is 9.45. The van der Waals surface area contributed by atoms with Gasteiger partial charge in [0.15, 0.2) is 10.2 Å². The minimum atomic E-state index is 0.214. The monoisotopic (exact) mass is 432 g/mol. The Kier molecular flexibility index (Phi) is 9.46. The molecule has 0 bridgehead atoms. The highest BCUT2D eigenvalue weighted by molar-refractivity contribution is 7.80. The number of thiocarbonyl (C=S) groups is 2. The maximum Gasteiger partial charge on any atom is 0.171 e. The van der Waals surface area contributed by atoms with Crippen molar-refractivity contribution < 1.29 is 9.47 Å². The molecule has 2 aromatic carbocycles. The molecule has 0 aliphatic carbocycles. The summed E-state index contributed by atoms with van der Waals surface area (Å²) in [6, 6.07) is 15.5. The van der Waals surface area contributed by atoms with Gasteiger partial charge in [0.2, 0.25) is 0 Å². The van der Waals surface area contributed by atoms with Gasteiger partial charge in [0.1, 0.15) is 11.5 Å². The second-order valence-corrected chi connectivity index (χ2v) is 7.09. The fraction of sp³-hybridized carbons (Fsp3) is 0.333. The fourth-order valence-electron chi connectivity index (χ4n) is 2.74. The van der Waals surface area contributed by atoms with E-state index in [4.69, 9.17) is 33.9 Å². The van der Waals surface area contributed by atoms with Gasteiger partial charge in [-0.3, -0.25) is 0 Å². The summed E-state index contributed by atoms with van der Waals surface area (Å²) in [5.74, 6) is 1.50. The molecule has 0 saturated carbocycles. The highest BCUT2D eigenvalue weighted by atomic mass is 32.1. The molecule has 0 aliphatic rings. The van der Waals surface area contributed by atoms with Crippen LogP contribution in [-0.2, 0) is 0 Å². The summed E-state index contributed by atoms with van der Waals surface area (Å²) >= 11 is 10.8. The first kappa shape index (κ1) is 22.7. The molecule has 0 heterocycles. The van der Waals surface area contributed by atoms with Crippen LogP contribution in [0.3, 0.4) is 0 Å². The molecule has 1 atom stereocenters. The topological polar surface area (TPSA) is 66.6 Å². The molecule has 0 radical (unpaired) electrons. The summed E-state index contributed by atoms with van der Waals surface area (Å²) in [6.45, 7) is 2.83. The van der Waals surface area contributed by atoms with E-state index >= 15 is 0 Å². The standard InChI is InChI=1S/C21H28N4O2S2/c1-4-15(23-21(29)25-17-10-6-8-12-19(17)27-3)13-14-22-20(28)24-16-9-5-7-11-18(16)26-2/h5-12,15H,4,13-14H2,1-3H3,(H2,22,24,28)(H2,23,25,29)/t15-/m0/s1. The van der Waals surface area contributed by atoms with E-state index < -0.39 is 0 Å². The van der Waals surface area contributed by atoms with Crippen molar-refractivity contribution in [3.8, 4) is 11.5 Å². The number of para-hydroxylation sites is 4. The minimum absolute atomic E-state index is 0.214. The number of hydrogen-bond donors (Lipinski definition) is 4. The van der Waals surface area contributed by atoms with E-state index in [1.54, 1.807) is 14.2 Å². The summed E-state index contributed by atoms with van der Waals surface area (Å²) in [5.41, 5.74) is 1.67. The van der Waals surface area contributed by atoms with Gasteiger partial charge < -0.3 is 30.7 Å². The van der Waals surface area contributed by atoms with Gasteiger partial charge >= 0.3 is 0 Å². The van der Waals surface area contributed by atoms with Crippen LogP contribution in [0.25, 0.3) is 0 Å². The number of rotatable bonds is 9. The van der Waals surface area contributed by atoms with Gasteiger partial charge in [0.25, 0.3) is 0 Å². The van der Waals surface area contributed by atoms with Crippen molar-refractivity contribution in [1.29, 1.82) is 0 Å². The molecule has 0 unspecified atom stereocenters. The molecule has 0 fully saturated rings. The van der Waals surface area contributed by atoms with Crippen LogP contribution in [-0.4, -0.2) is 37.0 Å². The Balaban J connectivity index is 1.78. The molecule has 6 nitrogen and oxygen atoms in total. The summed E-state index contributed by atoms with van der Waals surface area (Å²) in [5, 5.41) is 14.1. The lowest BCUT2D eigenvalue weighted by atomic mass is 10.1. The van der Waals surface area contributed by atoms with E-state index in [-0.39, 0.29) is 6.04 Å². The molecular formula is C21H28N4O2S2. The van der Waals surface area contributed by atoms with Crippen molar-refractivity contribution in [2.75, 3.05) is 31.4 Å². The third kappa shape index (κ3) is 7.40. The summed E-state index contributed by atoms with van der Waals surface area (Å²) < 4.78 is 10.7. The molecule has 2 aromatic rings. The lowest BCUT2D eigenvalue weighted by Crippen LogP contribution is -2.40. The molecule has 0 amide bonds. The largest absolute Gasteiger partial charge is 0.495 e. The number of ether oxygens (including phenoxy) is 2. The Hall–Kier alpha value is -2.58. The van der Waals surface area contributed by atoms with Crippen LogP contribution in [0.5, 0.6) is 11.5 Å². The molecule has 8 heteroatoms. The van der Waals surface area contributed by atoms with Gasteiger partial charge in [0.05, 0.1) is 25.6 Å². The third-order valence-electron chi connectivity index (χ3n) is 4.32. The molecular weight excluding hydrogens is 404 g/mol. The summed E-state index contributed by atoms with van der Waals surface area (Å²) in [4.78, 5) is 0. The molecule has 0 spiro atoms. The van der Waals surface area contributed by atoms with Gasteiger partial charge in [-0.25, -0.2) is 0 Å². The number of methoxy groups -OCH3 is 2. The van der Waals surface area contributed by atoms with Crippen LogP contribution in [0.2, 0.25) is 0 Å². The predicted molar refractivity (Wildman–Crippen MR) is 128 cm³/mol. The zero-order valence-corrected chi connectivity index (χ0v) is 18.6. The second-order valence-electron chi connectivity index (χ2n) is 6.27. The second kappa shape index (κ2) is 12.1. The Bertz CT molecular complexity index is 817. The average molecular weight is 433 g/mol. The summed E-state index contributed by atoms with van der Waals surface area (Å²) in [7, 11) is 3.27. The smallest absolute Gasteiger partial charge is 0.171 e.